The molecule has 2 aromatic heterocycles. The van der Waals surface area contributed by atoms with Gasteiger partial charge in [-0.2, -0.15) is 0 Å². The molecule has 270 valence electrons. The minimum Gasteiger partial charge on any atom is -0.507 e. The molecule has 0 radical (unpaired) electrons. The molecule has 0 aliphatic heterocycles. The Kier molecular flexibility index (Phi) is 9.62. The van der Waals surface area contributed by atoms with Crippen LogP contribution in [-0.2, 0) is 16.2 Å². The van der Waals surface area contributed by atoms with Crippen molar-refractivity contribution in [3.63, 3.8) is 0 Å². The van der Waals surface area contributed by atoms with Crippen LogP contribution in [0.4, 0.5) is 0 Å². The van der Waals surface area contributed by atoms with E-state index in [1.54, 1.807) is 0 Å². The van der Waals surface area contributed by atoms with Gasteiger partial charge in [-0.05, 0) is 98.3 Å². The van der Waals surface area contributed by atoms with Crippen molar-refractivity contribution in [2.24, 2.45) is 0 Å². The zero-order chi connectivity index (χ0) is 38.3. The van der Waals surface area contributed by atoms with Gasteiger partial charge in [0.05, 0.1) is 17.1 Å². The topological polar surface area (TPSA) is 46.0 Å². The molecule has 2 heterocycles. The van der Waals surface area contributed by atoms with Crippen molar-refractivity contribution in [3.05, 3.63) is 174 Å². The number of hydrogen-bond acceptors (Lipinski definition) is 3. The van der Waals surface area contributed by atoms with Crippen molar-refractivity contribution in [2.75, 3.05) is 0 Å². The van der Waals surface area contributed by atoms with Gasteiger partial charge in [0.1, 0.15) is 5.75 Å². The highest BCUT2D eigenvalue weighted by Crippen LogP contribution is 2.46. The third kappa shape index (κ3) is 7.37. The molecule has 7 aromatic rings. The summed E-state index contributed by atoms with van der Waals surface area (Å²) in [6, 6.07) is 50.8. The van der Waals surface area contributed by atoms with Crippen LogP contribution < -0.4 is 0 Å². The molecule has 1 N–H and O–H groups in total. The SMILES string of the molecule is CC(C)(C)c1cc(-c2cc(-c3ccccc3)ccn2)cc(-c2ccc(C(C)(C)c3ccccc3)c(-c3cc(C(C)(C)C)cc(-c4ccccc4)c3O)n2)c1. The smallest absolute Gasteiger partial charge is 0.132 e. The molecular weight excluding hydrogens is 657 g/mol. The fourth-order valence-electron chi connectivity index (χ4n) is 7.18. The molecule has 0 amide bonds. The van der Waals surface area contributed by atoms with Gasteiger partial charge in [0.25, 0.3) is 0 Å². The minimum atomic E-state index is -0.417. The number of aromatic hydroxyl groups is 1. The first-order chi connectivity index (χ1) is 25.7. The summed E-state index contributed by atoms with van der Waals surface area (Å²) in [5.74, 6) is 0.231. The normalized spacial score (nSPS) is 12.1. The summed E-state index contributed by atoms with van der Waals surface area (Å²) in [5.41, 5.74) is 13.2. The highest BCUT2D eigenvalue weighted by atomic mass is 16.3. The zero-order valence-corrected chi connectivity index (χ0v) is 32.8. The number of phenolic OH excluding ortho intramolecular Hbond substituents is 1. The first-order valence-electron chi connectivity index (χ1n) is 18.9. The van der Waals surface area contributed by atoms with Gasteiger partial charge in [0, 0.05) is 33.9 Å². The van der Waals surface area contributed by atoms with Crippen molar-refractivity contribution in [1.82, 2.24) is 9.97 Å². The molecule has 3 heteroatoms. The van der Waals surface area contributed by atoms with Gasteiger partial charge >= 0.3 is 0 Å². The van der Waals surface area contributed by atoms with E-state index in [1.807, 2.05) is 30.5 Å². The maximum atomic E-state index is 12.3. The monoisotopic (exact) mass is 706 g/mol. The number of benzene rings is 5. The average molecular weight is 707 g/mol. The van der Waals surface area contributed by atoms with Crippen LogP contribution in [0.2, 0.25) is 0 Å². The van der Waals surface area contributed by atoms with Crippen molar-refractivity contribution in [3.8, 4) is 61.8 Å². The summed E-state index contributed by atoms with van der Waals surface area (Å²) < 4.78 is 0. The first-order valence-corrected chi connectivity index (χ1v) is 18.9. The molecule has 0 saturated carbocycles. The summed E-state index contributed by atoms with van der Waals surface area (Å²) >= 11 is 0. The van der Waals surface area contributed by atoms with Crippen LogP contribution in [-0.4, -0.2) is 15.1 Å². The summed E-state index contributed by atoms with van der Waals surface area (Å²) in [6.45, 7) is 17.9. The predicted molar refractivity (Wildman–Crippen MR) is 227 cm³/mol. The van der Waals surface area contributed by atoms with Gasteiger partial charge in [0.2, 0.25) is 0 Å². The quantitative estimate of drug-likeness (QED) is 0.179. The molecule has 0 fully saturated rings. The highest BCUT2D eigenvalue weighted by Gasteiger charge is 2.30. The van der Waals surface area contributed by atoms with Gasteiger partial charge in [0.15, 0.2) is 0 Å². The molecule has 0 unspecified atom stereocenters. The Morgan fingerprint density at radius 2 is 0.963 bits per heavy atom. The molecule has 5 aromatic carbocycles. The molecule has 0 spiro atoms. The van der Waals surface area contributed by atoms with E-state index in [2.05, 4.69) is 177 Å². The van der Waals surface area contributed by atoms with Gasteiger partial charge in [-0.1, -0.05) is 152 Å². The second-order valence-electron chi connectivity index (χ2n) is 17.0. The lowest BCUT2D eigenvalue weighted by Gasteiger charge is -2.30. The Balaban J connectivity index is 1.49. The first kappa shape index (κ1) is 36.6. The average Bonchev–Trinajstić information content (AvgIpc) is 3.18. The Morgan fingerprint density at radius 3 is 1.57 bits per heavy atom. The number of hydrogen-bond donors (Lipinski definition) is 1. The number of phenols is 1. The van der Waals surface area contributed by atoms with E-state index >= 15 is 0 Å². The Hall–Kier alpha value is -5.80. The summed E-state index contributed by atoms with van der Waals surface area (Å²) in [7, 11) is 0. The van der Waals surface area contributed by atoms with Gasteiger partial charge in [-0.25, -0.2) is 4.98 Å². The third-order valence-electron chi connectivity index (χ3n) is 10.6. The van der Waals surface area contributed by atoms with Crippen LogP contribution in [0.1, 0.15) is 77.6 Å². The lowest BCUT2D eigenvalue weighted by molar-refractivity contribution is 0.477. The van der Waals surface area contributed by atoms with Gasteiger partial charge in [-0.3, -0.25) is 4.98 Å². The van der Waals surface area contributed by atoms with Crippen LogP contribution in [0, 0.1) is 0 Å². The fraction of sp³-hybridized carbons (Fsp3) is 0.216. The molecule has 0 aliphatic rings. The van der Waals surface area contributed by atoms with E-state index in [4.69, 9.17) is 9.97 Å². The van der Waals surface area contributed by atoms with Crippen molar-refractivity contribution < 1.29 is 5.11 Å². The van der Waals surface area contributed by atoms with Crippen LogP contribution in [0.3, 0.4) is 0 Å². The van der Waals surface area contributed by atoms with E-state index in [9.17, 15) is 5.11 Å². The molecule has 0 saturated heterocycles. The molecule has 0 bridgehead atoms. The Morgan fingerprint density at radius 1 is 0.426 bits per heavy atom. The molecule has 0 atom stereocenters. The van der Waals surface area contributed by atoms with Crippen molar-refractivity contribution in [2.45, 2.75) is 71.6 Å². The Bertz CT molecular complexity index is 2420. The van der Waals surface area contributed by atoms with Gasteiger partial charge in [-0.15, -0.1) is 0 Å². The van der Waals surface area contributed by atoms with E-state index < -0.39 is 5.41 Å². The third-order valence-corrected chi connectivity index (χ3v) is 10.6. The van der Waals surface area contributed by atoms with Crippen LogP contribution in [0.25, 0.3) is 56.0 Å². The van der Waals surface area contributed by atoms with E-state index in [0.29, 0.717) is 0 Å². The molecule has 7 rings (SSSR count). The number of aromatic nitrogens is 2. The fourth-order valence-corrected chi connectivity index (χ4v) is 7.18. The van der Waals surface area contributed by atoms with Crippen LogP contribution in [0.5, 0.6) is 5.75 Å². The lowest BCUT2D eigenvalue weighted by Crippen LogP contribution is -2.21. The zero-order valence-electron chi connectivity index (χ0n) is 32.8. The number of rotatable bonds is 7. The summed E-state index contributed by atoms with van der Waals surface area (Å²) in [4.78, 5) is 10.4. The van der Waals surface area contributed by atoms with Crippen LogP contribution in [0.15, 0.2) is 152 Å². The maximum absolute atomic E-state index is 12.3. The minimum absolute atomic E-state index is 0.121. The molecule has 54 heavy (non-hydrogen) atoms. The largest absolute Gasteiger partial charge is 0.507 e. The molecule has 3 nitrogen and oxygen atoms in total. The van der Waals surface area contributed by atoms with E-state index in [1.165, 1.54) is 11.1 Å². The van der Waals surface area contributed by atoms with E-state index in [0.717, 1.165) is 67.2 Å². The maximum Gasteiger partial charge on any atom is 0.132 e. The van der Waals surface area contributed by atoms with Crippen molar-refractivity contribution in [1.29, 1.82) is 0 Å². The van der Waals surface area contributed by atoms with Gasteiger partial charge < -0.3 is 5.11 Å². The molecular formula is C51H50N2O. The van der Waals surface area contributed by atoms with Crippen LogP contribution >= 0.6 is 0 Å². The molecule has 0 aliphatic carbocycles. The lowest BCUT2D eigenvalue weighted by atomic mass is 9.75. The predicted octanol–water partition coefficient (Wildman–Crippen LogP) is 13.4. The Labute approximate surface area is 321 Å². The highest BCUT2D eigenvalue weighted by molar-refractivity contribution is 5.85. The second-order valence-corrected chi connectivity index (χ2v) is 17.0. The standard InChI is InChI=1S/C51H50N2O/c1-49(2,3)40-29-37(28-38(30-40)46-31-36(26-27-52-46)34-18-12-9-13-19-34)45-25-24-44(51(7,8)39-22-16-11-17-23-39)47(53-45)43-33-41(50(4,5)6)32-42(48(43)54)35-20-14-10-15-21-35/h9-33,54H,1-8H3. The number of nitrogens with zero attached hydrogens (tertiary/aromatic N) is 2. The second kappa shape index (κ2) is 14.2. The van der Waals surface area contributed by atoms with E-state index in [-0.39, 0.29) is 16.6 Å². The summed E-state index contributed by atoms with van der Waals surface area (Å²) in [5, 5.41) is 12.3. The summed E-state index contributed by atoms with van der Waals surface area (Å²) in [6.07, 6.45) is 1.90. The van der Waals surface area contributed by atoms with Crippen molar-refractivity contribution >= 4 is 0 Å². The number of pyridine rings is 2.